The zero-order valence-corrected chi connectivity index (χ0v) is 11.1. The fourth-order valence-electron chi connectivity index (χ4n) is 1.77. The Hall–Kier alpha value is -1.58. The third kappa shape index (κ3) is 6.23. The van der Waals surface area contributed by atoms with Crippen LogP contribution in [-0.2, 0) is 4.79 Å². The van der Waals surface area contributed by atoms with Crippen molar-refractivity contribution in [2.75, 3.05) is 11.1 Å². The highest BCUT2D eigenvalue weighted by atomic mass is 16.1. The molecule has 0 atom stereocenters. The summed E-state index contributed by atoms with van der Waals surface area (Å²) in [7, 11) is 0. The van der Waals surface area contributed by atoms with Gasteiger partial charge in [-0.1, -0.05) is 39.0 Å². The van der Waals surface area contributed by atoms with Gasteiger partial charge in [0.25, 0.3) is 0 Å². The Bertz CT molecular complexity index is 349. The number of nitrogens with one attached hydrogen (secondary N) is 1. The first-order chi connectivity index (χ1) is 8.72. The normalized spacial score (nSPS) is 10.3. The number of carbonyl (C=O) groups excluding carboxylic acids is 1. The van der Waals surface area contributed by atoms with E-state index in [2.05, 4.69) is 17.2 Å². The van der Waals surface area contributed by atoms with Gasteiger partial charge in [-0.25, -0.2) is 4.98 Å². The SMILES string of the molecule is CCCCCCCCC(=O)Nc1ccc(N)nc1. The van der Waals surface area contributed by atoms with Gasteiger partial charge >= 0.3 is 0 Å². The van der Waals surface area contributed by atoms with Crippen molar-refractivity contribution < 1.29 is 4.79 Å². The van der Waals surface area contributed by atoms with E-state index in [0.29, 0.717) is 17.9 Å². The van der Waals surface area contributed by atoms with Gasteiger partial charge < -0.3 is 11.1 Å². The third-order valence-corrected chi connectivity index (χ3v) is 2.83. The monoisotopic (exact) mass is 249 g/mol. The number of amides is 1. The Labute approximate surface area is 109 Å². The summed E-state index contributed by atoms with van der Waals surface area (Å²) >= 11 is 0. The summed E-state index contributed by atoms with van der Waals surface area (Å²) in [5.74, 6) is 0.515. The van der Waals surface area contributed by atoms with E-state index in [1.807, 2.05) is 0 Å². The van der Waals surface area contributed by atoms with Gasteiger partial charge in [0.2, 0.25) is 5.91 Å². The lowest BCUT2D eigenvalue weighted by atomic mass is 10.1. The maximum Gasteiger partial charge on any atom is 0.224 e. The van der Waals surface area contributed by atoms with E-state index in [0.717, 1.165) is 12.8 Å². The minimum atomic E-state index is 0.0528. The van der Waals surface area contributed by atoms with Gasteiger partial charge in [-0.2, -0.15) is 0 Å². The van der Waals surface area contributed by atoms with Crippen molar-refractivity contribution in [3.63, 3.8) is 0 Å². The molecule has 1 amide bonds. The number of hydrogen-bond donors (Lipinski definition) is 2. The smallest absolute Gasteiger partial charge is 0.224 e. The summed E-state index contributed by atoms with van der Waals surface area (Å²) in [4.78, 5) is 15.5. The van der Waals surface area contributed by atoms with Crippen molar-refractivity contribution in [2.45, 2.75) is 51.9 Å². The summed E-state index contributed by atoms with van der Waals surface area (Å²) in [6, 6.07) is 3.45. The Morgan fingerprint density at radius 1 is 1.22 bits per heavy atom. The zero-order chi connectivity index (χ0) is 13.2. The minimum Gasteiger partial charge on any atom is -0.384 e. The van der Waals surface area contributed by atoms with Crippen LogP contribution in [0.3, 0.4) is 0 Å². The number of hydrogen-bond acceptors (Lipinski definition) is 3. The fourth-order valence-corrected chi connectivity index (χ4v) is 1.77. The number of carbonyl (C=O) groups is 1. The highest BCUT2D eigenvalue weighted by Gasteiger charge is 2.02. The van der Waals surface area contributed by atoms with Crippen LogP contribution in [0.2, 0.25) is 0 Å². The Kier molecular flexibility index (Phi) is 6.84. The average Bonchev–Trinajstić information content (AvgIpc) is 2.36. The Morgan fingerprint density at radius 2 is 1.94 bits per heavy atom. The van der Waals surface area contributed by atoms with Gasteiger partial charge in [0.05, 0.1) is 11.9 Å². The second kappa shape index (κ2) is 8.50. The summed E-state index contributed by atoms with van der Waals surface area (Å²) in [5.41, 5.74) is 6.18. The molecule has 100 valence electrons. The van der Waals surface area contributed by atoms with Crippen LogP contribution in [0.25, 0.3) is 0 Å². The van der Waals surface area contributed by atoms with E-state index in [9.17, 15) is 4.79 Å². The van der Waals surface area contributed by atoms with Crippen molar-refractivity contribution in [1.82, 2.24) is 4.98 Å². The number of nitrogen functional groups attached to an aromatic ring is 1. The molecule has 0 aromatic carbocycles. The maximum atomic E-state index is 11.6. The molecule has 1 rings (SSSR count). The summed E-state index contributed by atoms with van der Waals surface area (Å²) in [5, 5.41) is 2.81. The van der Waals surface area contributed by atoms with Gasteiger partial charge in [0.1, 0.15) is 5.82 Å². The topological polar surface area (TPSA) is 68.0 Å². The van der Waals surface area contributed by atoms with Gasteiger partial charge in [0.15, 0.2) is 0 Å². The van der Waals surface area contributed by atoms with E-state index in [4.69, 9.17) is 5.73 Å². The van der Waals surface area contributed by atoms with Gasteiger partial charge in [0, 0.05) is 6.42 Å². The predicted octanol–water partition coefficient (Wildman–Crippen LogP) is 3.35. The molecule has 18 heavy (non-hydrogen) atoms. The maximum absolute atomic E-state index is 11.6. The number of pyridine rings is 1. The minimum absolute atomic E-state index is 0.0528. The van der Waals surface area contributed by atoms with Crippen LogP contribution in [0.15, 0.2) is 18.3 Å². The van der Waals surface area contributed by atoms with Crippen LogP contribution in [0.1, 0.15) is 51.9 Å². The molecule has 0 spiro atoms. The molecule has 0 radical (unpaired) electrons. The Balaban J connectivity index is 2.12. The van der Waals surface area contributed by atoms with Gasteiger partial charge in [-0.3, -0.25) is 4.79 Å². The van der Waals surface area contributed by atoms with Crippen LogP contribution in [-0.4, -0.2) is 10.9 Å². The highest BCUT2D eigenvalue weighted by Crippen LogP contribution is 2.10. The van der Waals surface area contributed by atoms with Crippen molar-refractivity contribution in [2.24, 2.45) is 0 Å². The molecular weight excluding hydrogens is 226 g/mol. The number of nitrogens with two attached hydrogens (primary N) is 1. The molecule has 0 aliphatic heterocycles. The molecule has 3 N–H and O–H groups in total. The number of rotatable bonds is 8. The summed E-state index contributed by atoms with van der Waals surface area (Å²) in [6.07, 6.45) is 9.30. The molecule has 1 aromatic heterocycles. The van der Waals surface area contributed by atoms with Gasteiger partial charge in [-0.15, -0.1) is 0 Å². The van der Waals surface area contributed by atoms with Crippen molar-refractivity contribution in [3.05, 3.63) is 18.3 Å². The Morgan fingerprint density at radius 3 is 2.61 bits per heavy atom. The van der Waals surface area contributed by atoms with Crippen molar-refractivity contribution in [3.8, 4) is 0 Å². The van der Waals surface area contributed by atoms with E-state index in [1.54, 1.807) is 18.3 Å². The third-order valence-electron chi connectivity index (χ3n) is 2.83. The molecule has 1 heterocycles. The summed E-state index contributed by atoms with van der Waals surface area (Å²) < 4.78 is 0. The molecule has 4 nitrogen and oxygen atoms in total. The molecule has 4 heteroatoms. The summed E-state index contributed by atoms with van der Waals surface area (Å²) in [6.45, 7) is 2.20. The molecule has 1 aromatic rings. The molecule has 0 aliphatic rings. The lowest BCUT2D eigenvalue weighted by Gasteiger charge is -2.05. The first-order valence-corrected chi connectivity index (χ1v) is 6.73. The molecule has 0 saturated heterocycles. The van der Waals surface area contributed by atoms with Crippen LogP contribution >= 0.6 is 0 Å². The highest BCUT2D eigenvalue weighted by molar-refractivity contribution is 5.90. The molecule has 0 bridgehead atoms. The fraction of sp³-hybridized carbons (Fsp3) is 0.571. The molecular formula is C14H23N3O. The van der Waals surface area contributed by atoms with Crippen LogP contribution < -0.4 is 11.1 Å². The van der Waals surface area contributed by atoms with E-state index >= 15 is 0 Å². The quantitative estimate of drug-likeness (QED) is 0.694. The van der Waals surface area contributed by atoms with Crippen LogP contribution in [0, 0.1) is 0 Å². The standard InChI is InChI=1S/C14H23N3O/c1-2-3-4-5-6-7-8-14(18)17-12-9-10-13(15)16-11-12/h9-11H,2-8H2,1H3,(H2,15,16)(H,17,18). The molecule has 0 aliphatic carbocycles. The predicted molar refractivity (Wildman–Crippen MR) is 75.3 cm³/mol. The molecule has 0 unspecified atom stereocenters. The first-order valence-electron chi connectivity index (χ1n) is 6.73. The average molecular weight is 249 g/mol. The van der Waals surface area contributed by atoms with Crippen molar-refractivity contribution >= 4 is 17.4 Å². The van der Waals surface area contributed by atoms with E-state index < -0.39 is 0 Å². The zero-order valence-electron chi connectivity index (χ0n) is 11.1. The molecule has 0 fully saturated rings. The first kappa shape index (κ1) is 14.5. The van der Waals surface area contributed by atoms with E-state index in [-0.39, 0.29) is 5.91 Å². The van der Waals surface area contributed by atoms with Crippen molar-refractivity contribution in [1.29, 1.82) is 0 Å². The second-order valence-electron chi connectivity index (χ2n) is 4.54. The molecule has 0 saturated carbocycles. The van der Waals surface area contributed by atoms with Gasteiger partial charge in [-0.05, 0) is 18.6 Å². The number of aromatic nitrogens is 1. The largest absolute Gasteiger partial charge is 0.384 e. The van der Waals surface area contributed by atoms with Crippen LogP contribution in [0.5, 0.6) is 0 Å². The van der Waals surface area contributed by atoms with E-state index in [1.165, 1.54) is 25.7 Å². The number of unbranched alkanes of at least 4 members (excludes halogenated alkanes) is 5. The lowest BCUT2D eigenvalue weighted by Crippen LogP contribution is -2.11. The second-order valence-corrected chi connectivity index (χ2v) is 4.54. The number of anilines is 2. The number of nitrogens with zero attached hydrogens (tertiary/aromatic N) is 1. The van der Waals surface area contributed by atoms with Crippen LogP contribution in [0.4, 0.5) is 11.5 Å². The lowest BCUT2D eigenvalue weighted by molar-refractivity contribution is -0.116.